The summed E-state index contributed by atoms with van der Waals surface area (Å²) in [6.45, 7) is 8.08. The van der Waals surface area contributed by atoms with E-state index in [0.29, 0.717) is 6.61 Å². The van der Waals surface area contributed by atoms with Crippen LogP contribution in [0.5, 0.6) is 0 Å². The molecule has 0 aromatic rings. The zero-order chi connectivity index (χ0) is 13.5. The van der Waals surface area contributed by atoms with Gasteiger partial charge in [-0.25, -0.2) is 0 Å². The molecule has 18 heavy (non-hydrogen) atoms. The number of rotatable bonds is 14. The largest absolute Gasteiger partial charge is 0.382 e. The fourth-order valence-electron chi connectivity index (χ4n) is 1.45. The van der Waals surface area contributed by atoms with Gasteiger partial charge in [-0.3, -0.25) is 0 Å². The smallest absolute Gasteiger partial charge is 0.0928 e. The Kier molecular flexibility index (Phi) is 14.7. The van der Waals surface area contributed by atoms with Gasteiger partial charge in [0.1, 0.15) is 0 Å². The maximum Gasteiger partial charge on any atom is 0.0928 e. The van der Waals surface area contributed by atoms with Crippen LogP contribution in [0.4, 0.5) is 0 Å². The summed E-state index contributed by atoms with van der Waals surface area (Å²) >= 11 is 0. The maximum atomic E-state index is 5.45. The Morgan fingerprint density at radius 2 is 1.78 bits per heavy atom. The third kappa shape index (κ3) is 12.3. The highest BCUT2D eigenvalue weighted by Gasteiger charge is 2.04. The van der Waals surface area contributed by atoms with Crippen molar-refractivity contribution < 1.29 is 14.2 Å². The van der Waals surface area contributed by atoms with E-state index in [1.165, 1.54) is 6.42 Å². The predicted octanol–water partition coefficient (Wildman–Crippen LogP) is 0.644. The van der Waals surface area contributed by atoms with Gasteiger partial charge in [0, 0.05) is 47.0 Å². The second-order valence-electron chi connectivity index (χ2n) is 4.23. The zero-order valence-electron chi connectivity index (χ0n) is 12.2. The minimum Gasteiger partial charge on any atom is -0.382 e. The predicted molar refractivity (Wildman–Crippen MR) is 74.1 cm³/mol. The van der Waals surface area contributed by atoms with Gasteiger partial charge in [0.25, 0.3) is 0 Å². The van der Waals surface area contributed by atoms with Crippen molar-refractivity contribution >= 4 is 0 Å². The summed E-state index contributed by atoms with van der Waals surface area (Å²) in [5.41, 5.74) is 0. The van der Waals surface area contributed by atoms with Crippen LogP contribution in [0.1, 0.15) is 19.8 Å². The van der Waals surface area contributed by atoms with E-state index < -0.39 is 0 Å². The van der Waals surface area contributed by atoms with Crippen LogP contribution in [-0.2, 0) is 14.2 Å². The molecule has 0 aliphatic carbocycles. The highest BCUT2D eigenvalue weighted by atomic mass is 16.5. The van der Waals surface area contributed by atoms with Crippen molar-refractivity contribution in [3.8, 4) is 0 Å². The first-order valence-corrected chi connectivity index (χ1v) is 6.86. The molecule has 1 atom stereocenters. The topological polar surface area (TPSA) is 51.8 Å². The van der Waals surface area contributed by atoms with Gasteiger partial charge >= 0.3 is 0 Å². The molecule has 0 aromatic heterocycles. The monoisotopic (exact) mass is 262 g/mol. The van der Waals surface area contributed by atoms with Gasteiger partial charge in [0.15, 0.2) is 0 Å². The van der Waals surface area contributed by atoms with E-state index in [1.807, 2.05) is 0 Å². The Bertz CT molecular complexity index is 159. The molecular weight excluding hydrogens is 232 g/mol. The van der Waals surface area contributed by atoms with Crippen molar-refractivity contribution in [3.05, 3.63) is 0 Å². The maximum absolute atomic E-state index is 5.45. The van der Waals surface area contributed by atoms with Crippen LogP contribution in [0.15, 0.2) is 0 Å². The first kappa shape index (κ1) is 17.8. The number of methoxy groups -OCH3 is 2. The lowest BCUT2D eigenvalue weighted by atomic mass is 10.3. The molecule has 0 rings (SSSR count). The number of ether oxygens (including phenoxy) is 3. The van der Waals surface area contributed by atoms with Crippen LogP contribution >= 0.6 is 0 Å². The van der Waals surface area contributed by atoms with Crippen molar-refractivity contribution in [2.24, 2.45) is 0 Å². The van der Waals surface area contributed by atoms with E-state index in [9.17, 15) is 0 Å². The Hall–Kier alpha value is -0.200. The molecule has 0 aromatic carbocycles. The third-order valence-electron chi connectivity index (χ3n) is 2.60. The van der Waals surface area contributed by atoms with Gasteiger partial charge in [-0.05, 0) is 6.42 Å². The molecule has 110 valence electrons. The quantitative estimate of drug-likeness (QED) is 0.450. The van der Waals surface area contributed by atoms with Gasteiger partial charge < -0.3 is 24.8 Å². The molecule has 2 N–H and O–H groups in total. The SMILES string of the molecule is CCCCOCCNCCNCC(COC)OC. The molecular formula is C13H30N2O3. The van der Waals surface area contributed by atoms with Gasteiger partial charge in [0.05, 0.1) is 19.3 Å². The Morgan fingerprint density at radius 3 is 2.44 bits per heavy atom. The molecule has 5 nitrogen and oxygen atoms in total. The van der Waals surface area contributed by atoms with E-state index in [1.54, 1.807) is 14.2 Å². The molecule has 5 heteroatoms. The van der Waals surface area contributed by atoms with Crippen molar-refractivity contribution in [1.82, 2.24) is 10.6 Å². The standard InChI is InChI=1S/C13H30N2O3/c1-4-5-9-18-10-8-14-6-7-15-11-13(17-3)12-16-2/h13-15H,4-12H2,1-3H3. The van der Waals surface area contributed by atoms with Gasteiger partial charge in [-0.1, -0.05) is 13.3 Å². The number of hydrogen-bond acceptors (Lipinski definition) is 5. The molecule has 0 bridgehead atoms. The van der Waals surface area contributed by atoms with Crippen LogP contribution in [0, 0.1) is 0 Å². The molecule has 0 fully saturated rings. The number of hydrogen-bond donors (Lipinski definition) is 2. The molecule has 0 radical (unpaired) electrons. The Labute approximate surface area is 112 Å². The van der Waals surface area contributed by atoms with E-state index in [2.05, 4.69) is 17.6 Å². The minimum atomic E-state index is 0.132. The van der Waals surface area contributed by atoms with Crippen LogP contribution < -0.4 is 10.6 Å². The first-order valence-electron chi connectivity index (χ1n) is 6.86. The average molecular weight is 262 g/mol. The molecule has 1 unspecified atom stereocenters. The third-order valence-corrected chi connectivity index (χ3v) is 2.60. The van der Waals surface area contributed by atoms with E-state index in [-0.39, 0.29) is 6.10 Å². The van der Waals surface area contributed by atoms with E-state index >= 15 is 0 Å². The lowest BCUT2D eigenvalue weighted by Crippen LogP contribution is -2.36. The number of nitrogens with one attached hydrogen (secondary N) is 2. The first-order chi connectivity index (χ1) is 8.85. The molecule has 0 aliphatic rings. The van der Waals surface area contributed by atoms with Crippen LogP contribution in [-0.4, -0.2) is 66.3 Å². The van der Waals surface area contributed by atoms with E-state index in [4.69, 9.17) is 14.2 Å². The summed E-state index contributed by atoms with van der Waals surface area (Å²) in [6.07, 6.45) is 2.48. The van der Waals surface area contributed by atoms with Crippen LogP contribution in [0.3, 0.4) is 0 Å². The fourth-order valence-corrected chi connectivity index (χ4v) is 1.45. The van der Waals surface area contributed by atoms with Crippen molar-refractivity contribution in [3.63, 3.8) is 0 Å². The summed E-state index contributed by atoms with van der Waals surface area (Å²) in [5, 5.41) is 6.65. The lowest BCUT2D eigenvalue weighted by molar-refractivity contribution is 0.0291. The van der Waals surface area contributed by atoms with Crippen molar-refractivity contribution in [2.45, 2.75) is 25.9 Å². The van der Waals surface area contributed by atoms with Gasteiger partial charge in [0.2, 0.25) is 0 Å². The Balaban J connectivity index is 3.10. The van der Waals surface area contributed by atoms with Gasteiger partial charge in [-0.15, -0.1) is 0 Å². The molecule has 0 amide bonds. The molecule has 0 spiro atoms. The molecule has 0 saturated carbocycles. The van der Waals surface area contributed by atoms with Crippen LogP contribution in [0.2, 0.25) is 0 Å². The van der Waals surface area contributed by atoms with Crippen molar-refractivity contribution in [1.29, 1.82) is 0 Å². The average Bonchev–Trinajstić information content (AvgIpc) is 2.39. The Morgan fingerprint density at radius 1 is 1.00 bits per heavy atom. The highest BCUT2D eigenvalue weighted by molar-refractivity contribution is 4.61. The van der Waals surface area contributed by atoms with E-state index in [0.717, 1.165) is 45.8 Å². The van der Waals surface area contributed by atoms with Gasteiger partial charge in [-0.2, -0.15) is 0 Å². The fraction of sp³-hybridized carbons (Fsp3) is 1.00. The second-order valence-corrected chi connectivity index (χ2v) is 4.23. The highest BCUT2D eigenvalue weighted by Crippen LogP contribution is 1.88. The molecule has 0 saturated heterocycles. The normalized spacial score (nSPS) is 12.8. The van der Waals surface area contributed by atoms with Crippen LogP contribution in [0.25, 0.3) is 0 Å². The summed E-state index contributed by atoms with van der Waals surface area (Å²) in [6, 6.07) is 0. The molecule has 0 heterocycles. The summed E-state index contributed by atoms with van der Waals surface area (Å²) in [7, 11) is 3.39. The molecule has 0 aliphatic heterocycles. The lowest BCUT2D eigenvalue weighted by Gasteiger charge is -2.15. The van der Waals surface area contributed by atoms with Crippen molar-refractivity contribution in [2.75, 3.05) is 60.2 Å². The second kappa shape index (κ2) is 14.9. The summed E-state index contributed by atoms with van der Waals surface area (Å²) < 4.78 is 15.7. The summed E-state index contributed by atoms with van der Waals surface area (Å²) in [5.74, 6) is 0. The summed E-state index contributed by atoms with van der Waals surface area (Å²) in [4.78, 5) is 0. The zero-order valence-corrected chi connectivity index (χ0v) is 12.2. The number of unbranched alkanes of at least 4 members (excludes halogenated alkanes) is 1. The minimum absolute atomic E-state index is 0.132.